The van der Waals surface area contributed by atoms with E-state index in [1.165, 1.54) is 43.6 Å². The molecule has 3 aromatic carbocycles. The molecule has 0 spiro atoms. The Kier molecular flexibility index (Phi) is 5.61. The first-order chi connectivity index (χ1) is 16.2. The molecule has 0 saturated heterocycles. The highest BCUT2D eigenvalue weighted by atomic mass is 32.1. The highest BCUT2D eigenvalue weighted by Crippen LogP contribution is 2.38. The Morgan fingerprint density at radius 2 is 1.47 bits per heavy atom. The van der Waals surface area contributed by atoms with Crippen molar-refractivity contribution in [3.8, 4) is 33.1 Å². The second kappa shape index (κ2) is 8.48. The number of nitrogens with zero attached hydrogens (tertiary/aromatic N) is 2. The number of benzene rings is 3. The van der Waals surface area contributed by atoms with Crippen molar-refractivity contribution in [2.75, 3.05) is 0 Å². The number of hydrogen-bond donors (Lipinski definition) is 0. The smallest absolute Gasteiger partial charge is 0.213 e. The summed E-state index contributed by atoms with van der Waals surface area (Å²) in [5.74, 6) is 0. The standard InChI is InChI=1S/C31H31N2S/c1-20-24-14-10-11-15-25(24)27(31(3,4)5)19-26(20)28-18-23(16-17-33(28)6)30-32-29(21(2)34-30)22-12-8-7-9-13-22/h7-19H,1-6H3/q+1. The monoisotopic (exact) mass is 463 g/mol. The van der Waals surface area contributed by atoms with Crippen LogP contribution in [0.25, 0.3) is 43.9 Å². The van der Waals surface area contributed by atoms with Crippen LogP contribution in [0.5, 0.6) is 0 Å². The lowest BCUT2D eigenvalue weighted by Gasteiger charge is -2.23. The fourth-order valence-electron chi connectivity index (χ4n) is 4.76. The van der Waals surface area contributed by atoms with E-state index in [0.717, 1.165) is 16.3 Å². The fourth-order valence-corrected chi connectivity index (χ4v) is 5.69. The fraction of sp³-hybridized carbons (Fsp3) is 0.226. The molecule has 5 aromatic rings. The van der Waals surface area contributed by atoms with Gasteiger partial charge in [-0.2, -0.15) is 0 Å². The molecule has 0 amide bonds. The first kappa shape index (κ1) is 22.5. The van der Waals surface area contributed by atoms with Gasteiger partial charge in [0.05, 0.1) is 5.69 Å². The molecule has 2 nitrogen and oxygen atoms in total. The first-order valence-corrected chi connectivity index (χ1v) is 12.6. The summed E-state index contributed by atoms with van der Waals surface area (Å²) in [6.07, 6.45) is 2.16. The zero-order valence-electron chi connectivity index (χ0n) is 20.8. The zero-order valence-corrected chi connectivity index (χ0v) is 21.6. The van der Waals surface area contributed by atoms with Gasteiger partial charge in [0.15, 0.2) is 6.20 Å². The lowest BCUT2D eigenvalue weighted by molar-refractivity contribution is -0.660. The molecule has 0 bridgehead atoms. The second-order valence-corrected chi connectivity index (χ2v) is 11.3. The van der Waals surface area contributed by atoms with Crippen LogP contribution in [-0.4, -0.2) is 4.98 Å². The van der Waals surface area contributed by atoms with Crippen molar-refractivity contribution in [2.24, 2.45) is 7.05 Å². The molecule has 0 radical (unpaired) electrons. The van der Waals surface area contributed by atoms with Crippen LogP contribution in [0.15, 0.2) is 79.0 Å². The van der Waals surface area contributed by atoms with Crippen LogP contribution in [0.2, 0.25) is 0 Å². The largest absolute Gasteiger partial charge is 0.236 e. The van der Waals surface area contributed by atoms with Gasteiger partial charge >= 0.3 is 0 Å². The molecule has 0 atom stereocenters. The van der Waals surface area contributed by atoms with Crippen molar-refractivity contribution in [3.63, 3.8) is 0 Å². The third-order valence-electron chi connectivity index (χ3n) is 6.64. The maximum absolute atomic E-state index is 5.05. The molecule has 0 saturated carbocycles. The Labute approximate surface area is 206 Å². The molecule has 2 heterocycles. The van der Waals surface area contributed by atoms with E-state index in [1.54, 1.807) is 11.3 Å². The summed E-state index contributed by atoms with van der Waals surface area (Å²) >= 11 is 1.77. The molecular formula is C31H31N2S+. The number of aryl methyl sites for hydroxylation is 3. The van der Waals surface area contributed by atoms with E-state index < -0.39 is 0 Å². The maximum atomic E-state index is 5.05. The van der Waals surface area contributed by atoms with Crippen molar-refractivity contribution in [3.05, 3.63) is 95.0 Å². The molecule has 3 heteroatoms. The van der Waals surface area contributed by atoms with Gasteiger partial charge < -0.3 is 0 Å². The number of pyridine rings is 1. The number of aromatic nitrogens is 2. The molecule has 0 unspecified atom stereocenters. The van der Waals surface area contributed by atoms with E-state index >= 15 is 0 Å². The average Bonchev–Trinajstić information content (AvgIpc) is 3.21. The van der Waals surface area contributed by atoms with Gasteiger partial charge in [-0.1, -0.05) is 75.4 Å². The zero-order chi connectivity index (χ0) is 24.0. The minimum absolute atomic E-state index is 0.0508. The van der Waals surface area contributed by atoms with Crippen molar-refractivity contribution in [2.45, 2.75) is 40.0 Å². The average molecular weight is 464 g/mol. The highest BCUT2D eigenvalue weighted by Gasteiger charge is 2.24. The number of rotatable bonds is 3. The van der Waals surface area contributed by atoms with Crippen LogP contribution in [0.3, 0.4) is 0 Å². The summed E-state index contributed by atoms with van der Waals surface area (Å²) < 4.78 is 2.23. The van der Waals surface area contributed by atoms with Crippen molar-refractivity contribution >= 4 is 22.1 Å². The molecule has 0 fully saturated rings. The van der Waals surface area contributed by atoms with Crippen LogP contribution in [0.1, 0.15) is 36.8 Å². The molecule has 170 valence electrons. The number of fused-ring (bicyclic) bond motifs is 1. The molecule has 0 N–H and O–H groups in total. The SMILES string of the molecule is Cc1sc(-c2cc[n+](C)c(-c3cc(C(C)(C)C)c4ccccc4c3C)c2)nc1-c1ccccc1. The summed E-state index contributed by atoms with van der Waals surface area (Å²) in [4.78, 5) is 6.30. The second-order valence-electron chi connectivity index (χ2n) is 10.1. The van der Waals surface area contributed by atoms with Crippen molar-refractivity contribution in [1.82, 2.24) is 4.98 Å². The first-order valence-electron chi connectivity index (χ1n) is 11.8. The molecule has 2 aromatic heterocycles. The van der Waals surface area contributed by atoms with E-state index in [2.05, 4.69) is 119 Å². The normalized spacial score (nSPS) is 11.8. The number of thiazole rings is 1. The lowest BCUT2D eigenvalue weighted by Crippen LogP contribution is -2.30. The van der Waals surface area contributed by atoms with Crippen LogP contribution in [0, 0.1) is 13.8 Å². The predicted octanol–water partition coefficient (Wildman–Crippen LogP) is 8.04. The Hall–Kier alpha value is -3.30. The Morgan fingerprint density at radius 3 is 2.18 bits per heavy atom. The minimum Gasteiger partial charge on any atom is -0.236 e. The van der Waals surface area contributed by atoms with Crippen LogP contribution >= 0.6 is 11.3 Å². The van der Waals surface area contributed by atoms with Crippen molar-refractivity contribution < 1.29 is 4.57 Å². The molecule has 0 aliphatic carbocycles. The summed E-state index contributed by atoms with van der Waals surface area (Å²) in [5, 5.41) is 3.73. The third kappa shape index (κ3) is 3.95. The topological polar surface area (TPSA) is 16.8 Å². The molecule has 0 aliphatic rings. The maximum Gasteiger partial charge on any atom is 0.213 e. The van der Waals surface area contributed by atoms with E-state index in [9.17, 15) is 0 Å². The molecular weight excluding hydrogens is 432 g/mol. The van der Waals surface area contributed by atoms with E-state index in [-0.39, 0.29) is 5.41 Å². The van der Waals surface area contributed by atoms with E-state index in [4.69, 9.17) is 4.98 Å². The van der Waals surface area contributed by atoms with Gasteiger partial charge in [0.2, 0.25) is 5.69 Å². The Balaban J connectivity index is 1.69. The van der Waals surface area contributed by atoms with Gasteiger partial charge in [0.1, 0.15) is 12.1 Å². The lowest BCUT2D eigenvalue weighted by atomic mass is 9.80. The van der Waals surface area contributed by atoms with Crippen LogP contribution < -0.4 is 4.57 Å². The quantitative estimate of drug-likeness (QED) is 0.247. The molecule has 0 aliphatic heterocycles. The summed E-state index contributed by atoms with van der Waals surface area (Å²) in [6, 6.07) is 26.1. The summed E-state index contributed by atoms with van der Waals surface area (Å²) in [6.45, 7) is 11.3. The molecule has 5 rings (SSSR count). The van der Waals surface area contributed by atoms with Crippen LogP contribution in [-0.2, 0) is 12.5 Å². The van der Waals surface area contributed by atoms with Crippen molar-refractivity contribution in [1.29, 1.82) is 0 Å². The molecule has 34 heavy (non-hydrogen) atoms. The van der Waals surface area contributed by atoms with Gasteiger partial charge in [-0.05, 0) is 47.2 Å². The van der Waals surface area contributed by atoms with Gasteiger partial charge in [0.25, 0.3) is 0 Å². The number of hydrogen-bond acceptors (Lipinski definition) is 2. The van der Waals surface area contributed by atoms with Gasteiger partial charge in [-0.15, -0.1) is 11.3 Å². The Bertz CT molecular complexity index is 1500. The highest BCUT2D eigenvalue weighted by molar-refractivity contribution is 7.15. The van der Waals surface area contributed by atoms with Gasteiger partial charge in [-0.3, -0.25) is 0 Å². The summed E-state index contributed by atoms with van der Waals surface area (Å²) in [5.41, 5.74) is 8.65. The van der Waals surface area contributed by atoms with Gasteiger partial charge in [-0.25, -0.2) is 9.55 Å². The predicted molar refractivity (Wildman–Crippen MR) is 145 cm³/mol. The third-order valence-corrected chi connectivity index (χ3v) is 7.66. The van der Waals surface area contributed by atoms with E-state index in [0.29, 0.717) is 0 Å². The van der Waals surface area contributed by atoms with Gasteiger partial charge in [0, 0.05) is 33.7 Å². The summed E-state index contributed by atoms with van der Waals surface area (Å²) in [7, 11) is 2.13. The Morgan fingerprint density at radius 1 is 0.794 bits per heavy atom. The van der Waals surface area contributed by atoms with E-state index in [1.807, 2.05) is 6.07 Å². The minimum atomic E-state index is 0.0508. The van der Waals surface area contributed by atoms with Crippen LogP contribution in [0.4, 0.5) is 0 Å².